The highest BCUT2D eigenvalue weighted by molar-refractivity contribution is 9.10. The van der Waals surface area contributed by atoms with E-state index in [0.29, 0.717) is 28.7 Å². The first kappa shape index (κ1) is 16.2. The topological polar surface area (TPSA) is 77.3 Å². The maximum atomic E-state index is 12.1. The molecule has 2 aromatic carbocycles. The monoisotopic (exact) mass is 387 g/mol. The zero-order chi connectivity index (χ0) is 16.9. The molecule has 6 nitrogen and oxygen atoms in total. The molecule has 3 rings (SSSR count). The molecule has 0 aliphatic rings. The minimum Gasteiger partial charge on any atom is -0.496 e. The minimum absolute atomic E-state index is 0.146. The van der Waals surface area contributed by atoms with Crippen molar-refractivity contribution in [3.8, 4) is 17.2 Å². The third kappa shape index (κ3) is 3.62. The summed E-state index contributed by atoms with van der Waals surface area (Å²) in [5, 5.41) is 10.7. The van der Waals surface area contributed by atoms with Crippen LogP contribution in [0.25, 0.3) is 11.5 Å². The largest absolute Gasteiger partial charge is 0.496 e. The molecule has 0 saturated heterocycles. The number of hydrogen-bond acceptors (Lipinski definition) is 5. The number of ether oxygens (including phenoxy) is 1. The van der Waals surface area contributed by atoms with Crippen LogP contribution in [-0.2, 0) is 6.54 Å². The first-order valence-corrected chi connectivity index (χ1v) is 7.96. The highest BCUT2D eigenvalue weighted by Gasteiger charge is 2.14. The van der Waals surface area contributed by atoms with E-state index in [2.05, 4.69) is 31.4 Å². The maximum absolute atomic E-state index is 12.1. The summed E-state index contributed by atoms with van der Waals surface area (Å²) < 4.78 is 11.7. The summed E-state index contributed by atoms with van der Waals surface area (Å²) in [4.78, 5) is 12.1. The number of benzene rings is 2. The maximum Gasteiger partial charge on any atom is 0.251 e. The smallest absolute Gasteiger partial charge is 0.251 e. The van der Waals surface area contributed by atoms with Crippen molar-refractivity contribution in [3.63, 3.8) is 0 Å². The molecule has 1 N–H and O–H groups in total. The van der Waals surface area contributed by atoms with Gasteiger partial charge in [0.2, 0.25) is 5.89 Å². The standard InChI is InChI=1S/C17H14BrN3O3/c1-23-14-8-3-2-7-13(14)17-21-20-15(24-17)10-19-16(22)11-5-4-6-12(18)9-11/h2-9H,10H2,1H3,(H,19,22). The van der Waals surface area contributed by atoms with Gasteiger partial charge in [-0.25, -0.2) is 0 Å². The van der Waals surface area contributed by atoms with Crippen LogP contribution in [0.15, 0.2) is 57.4 Å². The van der Waals surface area contributed by atoms with Gasteiger partial charge >= 0.3 is 0 Å². The van der Waals surface area contributed by atoms with Gasteiger partial charge in [0.05, 0.1) is 19.2 Å². The number of aromatic nitrogens is 2. The molecule has 1 amide bonds. The van der Waals surface area contributed by atoms with E-state index in [-0.39, 0.29) is 12.5 Å². The van der Waals surface area contributed by atoms with E-state index in [1.165, 1.54) is 0 Å². The lowest BCUT2D eigenvalue weighted by atomic mass is 10.2. The van der Waals surface area contributed by atoms with Crippen molar-refractivity contribution in [2.24, 2.45) is 0 Å². The lowest BCUT2D eigenvalue weighted by molar-refractivity contribution is 0.0947. The van der Waals surface area contributed by atoms with Gasteiger partial charge in [-0.2, -0.15) is 0 Å². The molecule has 3 aromatic rings. The Balaban J connectivity index is 1.69. The predicted octanol–water partition coefficient (Wildman–Crippen LogP) is 3.44. The number of hydrogen-bond donors (Lipinski definition) is 1. The molecule has 0 atom stereocenters. The Morgan fingerprint density at radius 3 is 2.83 bits per heavy atom. The predicted molar refractivity (Wildman–Crippen MR) is 91.6 cm³/mol. The van der Waals surface area contributed by atoms with Crippen molar-refractivity contribution < 1.29 is 13.9 Å². The zero-order valence-corrected chi connectivity index (χ0v) is 14.4. The van der Waals surface area contributed by atoms with Crippen molar-refractivity contribution >= 4 is 21.8 Å². The zero-order valence-electron chi connectivity index (χ0n) is 12.8. The van der Waals surface area contributed by atoms with Crippen LogP contribution in [0.5, 0.6) is 5.75 Å². The van der Waals surface area contributed by atoms with Crippen LogP contribution in [0.3, 0.4) is 0 Å². The second kappa shape index (κ2) is 7.27. The fourth-order valence-electron chi connectivity index (χ4n) is 2.14. The van der Waals surface area contributed by atoms with Gasteiger partial charge in [-0.3, -0.25) is 4.79 Å². The lowest BCUT2D eigenvalue weighted by Gasteiger charge is -2.04. The molecule has 0 bridgehead atoms. The second-order valence-corrected chi connectivity index (χ2v) is 5.81. The van der Waals surface area contributed by atoms with Crippen LogP contribution in [0.4, 0.5) is 0 Å². The Labute approximate surface area is 147 Å². The third-order valence-corrected chi connectivity index (χ3v) is 3.78. The van der Waals surface area contributed by atoms with Gasteiger partial charge in [0, 0.05) is 10.0 Å². The molecular weight excluding hydrogens is 374 g/mol. The number of carbonyl (C=O) groups is 1. The van der Waals surface area contributed by atoms with Crippen molar-refractivity contribution in [2.75, 3.05) is 7.11 Å². The molecule has 1 heterocycles. The first-order chi connectivity index (χ1) is 11.7. The summed E-state index contributed by atoms with van der Waals surface area (Å²) in [6, 6.07) is 14.5. The van der Waals surface area contributed by atoms with Crippen LogP contribution < -0.4 is 10.1 Å². The average Bonchev–Trinajstić information content (AvgIpc) is 3.08. The van der Waals surface area contributed by atoms with Gasteiger partial charge < -0.3 is 14.5 Å². The molecule has 122 valence electrons. The van der Waals surface area contributed by atoms with Crippen LogP contribution in [0, 0.1) is 0 Å². The lowest BCUT2D eigenvalue weighted by Crippen LogP contribution is -2.22. The highest BCUT2D eigenvalue weighted by Crippen LogP contribution is 2.28. The minimum atomic E-state index is -0.214. The number of amides is 1. The number of para-hydroxylation sites is 1. The third-order valence-electron chi connectivity index (χ3n) is 3.29. The summed E-state index contributed by atoms with van der Waals surface area (Å²) in [5.74, 6) is 1.10. The van der Waals surface area contributed by atoms with Crippen LogP contribution in [0.2, 0.25) is 0 Å². The Bertz CT molecular complexity index is 864. The van der Waals surface area contributed by atoms with E-state index >= 15 is 0 Å². The van der Waals surface area contributed by atoms with Gasteiger partial charge in [0.1, 0.15) is 5.75 Å². The molecule has 24 heavy (non-hydrogen) atoms. The van der Waals surface area contributed by atoms with E-state index in [0.717, 1.165) is 4.47 Å². The Morgan fingerprint density at radius 1 is 1.21 bits per heavy atom. The van der Waals surface area contributed by atoms with E-state index in [4.69, 9.17) is 9.15 Å². The van der Waals surface area contributed by atoms with E-state index < -0.39 is 0 Å². The number of nitrogens with one attached hydrogen (secondary N) is 1. The van der Waals surface area contributed by atoms with Gasteiger partial charge in [0.15, 0.2) is 0 Å². The molecule has 0 aliphatic heterocycles. The van der Waals surface area contributed by atoms with Crippen molar-refractivity contribution in [2.45, 2.75) is 6.54 Å². The van der Waals surface area contributed by atoms with E-state index in [1.807, 2.05) is 30.3 Å². The molecule has 0 saturated carbocycles. The Morgan fingerprint density at radius 2 is 2.04 bits per heavy atom. The molecule has 0 aliphatic carbocycles. The van der Waals surface area contributed by atoms with Gasteiger partial charge in [-0.05, 0) is 30.3 Å². The summed E-state index contributed by atoms with van der Waals surface area (Å²) in [6.45, 7) is 0.146. The molecule has 1 aromatic heterocycles. The Kier molecular flexibility index (Phi) is 4.90. The summed E-state index contributed by atoms with van der Waals surface area (Å²) >= 11 is 3.34. The summed E-state index contributed by atoms with van der Waals surface area (Å²) in [5.41, 5.74) is 1.26. The normalized spacial score (nSPS) is 10.4. The molecule has 0 unspecified atom stereocenters. The van der Waals surface area contributed by atoms with Crippen molar-refractivity contribution in [1.82, 2.24) is 15.5 Å². The van der Waals surface area contributed by atoms with Crippen molar-refractivity contribution in [1.29, 1.82) is 0 Å². The summed E-state index contributed by atoms with van der Waals surface area (Å²) in [6.07, 6.45) is 0. The highest BCUT2D eigenvalue weighted by atomic mass is 79.9. The molecule has 0 spiro atoms. The number of methoxy groups -OCH3 is 1. The fourth-order valence-corrected chi connectivity index (χ4v) is 2.54. The number of nitrogens with zero attached hydrogens (tertiary/aromatic N) is 2. The molecule has 7 heteroatoms. The van der Waals surface area contributed by atoms with Gasteiger partial charge in [-0.1, -0.05) is 34.1 Å². The van der Waals surface area contributed by atoms with Crippen molar-refractivity contribution in [3.05, 3.63) is 64.5 Å². The van der Waals surface area contributed by atoms with Gasteiger partial charge in [0.25, 0.3) is 11.8 Å². The van der Waals surface area contributed by atoms with E-state index in [9.17, 15) is 4.79 Å². The molecule has 0 radical (unpaired) electrons. The fraction of sp³-hybridized carbons (Fsp3) is 0.118. The van der Waals surface area contributed by atoms with Crippen LogP contribution in [-0.4, -0.2) is 23.2 Å². The number of carbonyl (C=O) groups excluding carboxylic acids is 1. The quantitative estimate of drug-likeness (QED) is 0.725. The second-order valence-electron chi connectivity index (χ2n) is 4.89. The number of halogens is 1. The first-order valence-electron chi connectivity index (χ1n) is 7.17. The summed E-state index contributed by atoms with van der Waals surface area (Å²) in [7, 11) is 1.58. The van der Waals surface area contributed by atoms with Gasteiger partial charge in [-0.15, -0.1) is 10.2 Å². The molecule has 0 fully saturated rings. The number of rotatable bonds is 5. The Hall–Kier alpha value is -2.67. The molecular formula is C17H14BrN3O3. The van der Waals surface area contributed by atoms with E-state index in [1.54, 1.807) is 25.3 Å². The average molecular weight is 388 g/mol. The van der Waals surface area contributed by atoms with Crippen LogP contribution >= 0.6 is 15.9 Å². The SMILES string of the molecule is COc1ccccc1-c1nnc(CNC(=O)c2cccc(Br)c2)o1. The van der Waals surface area contributed by atoms with Crippen LogP contribution in [0.1, 0.15) is 16.2 Å².